The van der Waals surface area contributed by atoms with Crippen LogP contribution in [0.1, 0.15) is 6.42 Å². The number of thioether (sulfide) groups is 1. The summed E-state index contributed by atoms with van der Waals surface area (Å²) in [6, 6.07) is 6.64. The quantitative estimate of drug-likeness (QED) is 0.408. The number of H-pyrrole nitrogens is 1. The predicted octanol–water partition coefficient (Wildman–Crippen LogP) is 1.08. The van der Waals surface area contributed by atoms with Crippen molar-refractivity contribution in [3.05, 3.63) is 50.1 Å². The molecule has 3 N–H and O–H groups in total. The number of aliphatic carboxylic acids is 1. The lowest BCUT2D eigenvalue weighted by Gasteiger charge is -2.15. The largest absolute Gasteiger partial charge is 0.491 e. The number of ether oxygens (including phenoxy) is 1. The van der Waals surface area contributed by atoms with Crippen LogP contribution in [0.25, 0.3) is 11.2 Å². The van der Waals surface area contributed by atoms with Gasteiger partial charge in [-0.2, -0.15) is 0 Å². The first-order valence-electron chi connectivity index (χ1n) is 8.87. The van der Waals surface area contributed by atoms with E-state index >= 15 is 0 Å². The monoisotopic (exact) mass is 454 g/mol. The van der Waals surface area contributed by atoms with Crippen molar-refractivity contribution in [3.63, 3.8) is 0 Å². The maximum absolute atomic E-state index is 12.4. The summed E-state index contributed by atoms with van der Waals surface area (Å²) in [5.74, 6) is -0.237. The van der Waals surface area contributed by atoms with Gasteiger partial charge in [0.2, 0.25) is 0 Å². The molecule has 0 saturated heterocycles. The fraction of sp³-hybridized carbons (Fsp3) is 0.333. The van der Waals surface area contributed by atoms with Crippen LogP contribution < -0.4 is 16.0 Å². The summed E-state index contributed by atoms with van der Waals surface area (Å²) in [6.45, 7) is -0.106. The minimum Gasteiger partial charge on any atom is -0.491 e. The number of aliphatic hydroxyl groups is 1. The Morgan fingerprint density at radius 1 is 1.33 bits per heavy atom. The molecule has 0 fully saturated rings. The smallest absolute Gasteiger partial charge is 0.329 e. The summed E-state index contributed by atoms with van der Waals surface area (Å²) in [5, 5.41) is 20.2. The number of halogens is 1. The number of aliphatic hydroxyl groups excluding tert-OH is 1. The maximum Gasteiger partial charge on any atom is 0.329 e. The zero-order chi connectivity index (χ0) is 21.8. The molecule has 2 aromatic heterocycles. The molecule has 10 nitrogen and oxygen atoms in total. The summed E-state index contributed by atoms with van der Waals surface area (Å²) < 4.78 is 8.19. The normalized spacial score (nSPS) is 12.2. The van der Waals surface area contributed by atoms with Gasteiger partial charge in [0.05, 0.1) is 13.0 Å². The fourth-order valence-corrected chi connectivity index (χ4v) is 3.77. The van der Waals surface area contributed by atoms with E-state index in [0.717, 1.165) is 11.8 Å². The topological polar surface area (TPSA) is 139 Å². The molecule has 160 valence electrons. The van der Waals surface area contributed by atoms with Crippen LogP contribution >= 0.6 is 23.4 Å². The average Bonchev–Trinajstić information content (AvgIpc) is 3.04. The molecule has 0 aliphatic heterocycles. The van der Waals surface area contributed by atoms with Gasteiger partial charge in [0.25, 0.3) is 5.56 Å². The molecule has 2 heterocycles. The molecule has 0 unspecified atom stereocenters. The van der Waals surface area contributed by atoms with Gasteiger partial charge in [-0.25, -0.2) is 9.78 Å². The van der Waals surface area contributed by atoms with Crippen molar-refractivity contribution in [2.75, 3.05) is 12.4 Å². The van der Waals surface area contributed by atoms with Crippen molar-refractivity contribution >= 4 is 40.5 Å². The van der Waals surface area contributed by atoms with Gasteiger partial charge in [-0.15, -0.1) is 0 Å². The molecule has 0 bridgehead atoms. The molecular formula is C18H19ClN4O6S. The van der Waals surface area contributed by atoms with Crippen molar-refractivity contribution in [1.82, 2.24) is 19.1 Å². The van der Waals surface area contributed by atoms with Gasteiger partial charge < -0.3 is 19.5 Å². The van der Waals surface area contributed by atoms with E-state index in [9.17, 15) is 19.5 Å². The first-order valence-corrected chi connectivity index (χ1v) is 10.2. The highest BCUT2D eigenvalue weighted by molar-refractivity contribution is 7.99. The fourth-order valence-electron chi connectivity index (χ4n) is 2.71. The van der Waals surface area contributed by atoms with Gasteiger partial charge in [0.1, 0.15) is 18.5 Å². The Hall–Kier alpha value is -2.76. The van der Waals surface area contributed by atoms with Crippen molar-refractivity contribution in [2.45, 2.75) is 24.2 Å². The van der Waals surface area contributed by atoms with E-state index in [1.54, 1.807) is 24.3 Å². The Morgan fingerprint density at radius 2 is 2.03 bits per heavy atom. The van der Waals surface area contributed by atoms with Gasteiger partial charge in [-0.3, -0.25) is 19.1 Å². The molecule has 12 heteroatoms. The SMILES string of the molecule is Cn1c(=O)[nH]c(=O)c2c1nc(SCCC(=O)O)n2C[C@H](O)COc1ccc(Cl)cc1. The van der Waals surface area contributed by atoms with Gasteiger partial charge in [0.15, 0.2) is 16.3 Å². The molecular weight excluding hydrogens is 436 g/mol. The highest BCUT2D eigenvalue weighted by atomic mass is 35.5. The number of aryl methyl sites for hydroxylation is 1. The Labute approximate surface area is 179 Å². The number of carboxylic acids is 1. The second-order valence-corrected chi connectivity index (χ2v) is 7.90. The molecule has 30 heavy (non-hydrogen) atoms. The standard InChI is InChI=1S/C18H19ClN4O6S/c1-22-15-14(16(27)21-17(22)28)23(18(20-15)30-7-6-13(25)26)8-11(24)9-29-12-4-2-10(19)3-5-12/h2-5,11,24H,6-9H2,1H3,(H,25,26)(H,21,27,28)/t11-/m0/s1. The third-order valence-electron chi connectivity index (χ3n) is 4.17. The van der Waals surface area contributed by atoms with E-state index in [1.165, 1.54) is 16.2 Å². The Morgan fingerprint density at radius 3 is 2.70 bits per heavy atom. The Balaban J connectivity index is 1.86. The molecule has 0 radical (unpaired) electrons. The number of benzene rings is 1. The lowest BCUT2D eigenvalue weighted by Crippen LogP contribution is -2.30. The van der Waals surface area contributed by atoms with Crippen LogP contribution in [-0.2, 0) is 18.4 Å². The minimum atomic E-state index is -1.01. The average molecular weight is 455 g/mol. The summed E-state index contributed by atoms with van der Waals surface area (Å²) in [7, 11) is 1.46. The lowest BCUT2D eigenvalue weighted by atomic mass is 10.3. The summed E-state index contributed by atoms with van der Waals surface area (Å²) in [5.41, 5.74) is -1.00. The zero-order valence-corrected chi connectivity index (χ0v) is 17.4. The molecule has 0 saturated carbocycles. The van der Waals surface area contributed by atoms with Crippen LogP contribution in [0.3, 0.4) is 0 Å². The van der Waals surface area contributed by atoms with Crippen molar-refractivity contribution in [2.24, 2.45) is 7.05 Å². The first kappa shape index (κ1) is 21.9. The van der Waals surface area contributed by atoms with E-state index in [1.807, 2.05) is 0 Å². The third-order valence-corrected chi connectivity index (χ3v) is 5.40. The maximum atomic E-state index is 12.4. The summed E-state index contributed by atoms with van der Waals surface area (Å²) in [6.07, 6.45) is -1.11. The lowest BCUT2D eigenvalue weighted by molar-refractivity contribution is -0.136. The minimum absolute atomic E-state index is 0.0409. The second kappa shape index (κ2) is 9.37. The summed E-state index contributed by atoms with van der Waals surface area (Å²) >= 11 is 6.95. The summed E-state index contributed by atoms with van der Waals surface area (Å²) in [4.78, 5) is 41.6. The van der Waals surface area contributed by atoms with E-state index in [0.29, 0.717) is 15.9 Å². The number of hydrogen-bond acceptors (Lipinski definition) is 7. The second-order valence-electron chi connectivity index (χ2n) is 6.41. The highest BCUT2D eigenvalue weighted by Gasteiger charge is 2.20. The van der Waals surface area contributed by atoms with E-state index in [4.69, 9.17) is 21.4 Å². The van der Waals surface area contributed by atoms with E-state index < -0.39 is 23.3 Å². The van der Waals surface area contributed by atoms with Crippen molar-refractivity contribution in [1.29, 1.82) is 0 Å². The zero-order valence-electron chi connectivity index (χ0n) is 15.9. The number of hydrogen-bond donors (Lipinski definition) is 3. The molecule has 1 aromatic carbocycles. The van der Waals surface area contributed by atoms with Gasteiger partial charge in [-0.05, 0) is 24.3 Å². The Bertz CT molecular complexity index is 1170. The van der Waals surface area contributed by atoms with Gasteiger partial charge in [0, 0.05) is 17.8 Å². The molecule has 0 aliphatic rings. The van der Waals surface area contributed by atoms with Crippen LogP contribution in [0.5, 0.6) is 5.75 Å². The molecule has 0 aliphatic carbocycles. The molecule has 1 atom stereocenters. The first-order chi connectivity index (χ1) is 14.3. The number of nitrogens with zero attached hydrogens (tertiary/aromatic N) is 3. The number of fused-ring (bicyclic) bond motifs is 1. The van der Waals surface area contributed by atoms with Gasteiger partial charge in [-0.1, -0.05) is 23.4 Å². The Kier molecular flexibility index (Phi) is 6.85. The number of carbonyl (C=O) groups is 1. The predicted molar refractivity (Wildman–Crippen MR) is 112 cm³/mol. The number of nitrogens with one attached hydrogen (secondary N) is 1. The number of rotatable bonds is 9. The highest BCUT2D eigenvalue weighted by Crippen LogP contribution is 2.23. The molecule has 0 amide bonds. The van der Waals surface area contributed by atoms with Crippen LogP contribution in [0.4, 0.5) is 0 Å². The van der Waals surface area contributed by atoms with Crippen molar-refractivity contribution < 1.29 is 19.7 Å². The van der Waals surface area contributed by atoms with Crippen LogP contribution in [0, 0.1) is 0 Å². The van der Waals surface area contributed by atoms with E-state index in [2.05, 4.69) is 9.97 Å². The number of carboxylic acid groups (broad SMARTS) is 1. The van der Waals surface area contributed by atoms with Gasteiger partial charge >= 0.3 is 11.7 Å². The molecule has 3 rings (SSSR count). The van der Waals surface area contributed by atoms with Crippen LogP contribution in [0.2, 0.25) is 5.02 Å². The number of aromatic nitrogens is 4. The van der Waals surface area contributed by atoms with Crippen LogP contribution in [-0.4, -0.2) is 53.7 Å². The number of aromatic amines is 1. The molecule has 0 spiro atoms. The third kappa shape index (κ3) is 5.04. The molecule has 3 aromatic rings. The number of imidazole rings is 1. The van der Waals surface area contributed by atoms with Crippen LogP contribution in [0.15, 0.2) is 39.0 Å². The van der Waals surface area contributed by atoms with Crippen molar-refractivity contribution in [3.8, 4) is 5.75 Å². The van der Waals surface area contributed by atoms with E-state index in [-0.39, 0.29) is 36.5 Å².